The summed E-state index contributed by atoms with van der Waals surface area (Å²) in [5, 5.41) is 0. The molecule has 32 heavy (non-hydrogen) atoms. The Morgan fingerprint density at radius 2 is 1.59 bits per heavy atom. The number of nitrogens with zero attached hydrogens (tertiary/aromatic N) is 3. The van der Waals surface area contributed by atoms with Crippen LogP contribution in [0.3, 0.4) is 0 Å². The summed E-state index contributed by atoms with van der Waals surface area (Å²) in [7, 11) is 6.63. The molecule has 1 fully saturated rings. The molecule has 0 unspecified atom stereocenters. The van der Waals surface area contributed by atoms with E-state index >= 15 is 0 Å². The topological polar surface area (TPSA) is 62.3 Å². The lowest BCUT2D eigenvalue weighted by molar-refractivity contribution is -0.136. The third-order valence-corrected chi connectivity index (χ3v) is 6.48. The van der Waals surface area contributed by atoms with Crippen molar-refractivity contribution in [1.29, 1.82) is 0 Å². The van der Waals surface area contributed by atoms with Gasteiger partial charge < -0.3 is 24.2 Å². The summed E-state index contributed by atoms with van der Waals surface area (Å²) < 4.78 is 25.8. The summed E-state index contributed by atoms with van der Waals surface area (Å²) in [6.07, 6.45) is 0. The van der Waals surface area contributed by atoms with Crippen molar-refractivity contribution in [2.75, 3.05) is 54.5 Å². The number of piperazine rings is 1. The molecule has 4 rings (SSSR count). The van der Waals surface area contributed by atoms with Crippen LogP contribution in [0.4, 0.5) is 4.39 Å². The van der Waals surface area contributed by atoms with Crippen LogP contribution in [-0.2, 0) is 4.79 Å². The van der Waals surface area contributed by atoms with Gasteiger partial charge in [0.25, 0.3) is 5.91 Å². The zero-order chi connectivity index (χ0) is 23.0. The molecule has 0 bridgehead atoms. The molecule has 2 aliphatic heterocycles. The van der Waals surface area contributed by atoms with Crippen LogP contribution in [0.5, 0.6) is 11.5 Å². The van der Waals surface area contributed by atoms with Crippen molar-refractivity contribution in [3.63, 3.8) is 0 Å². The average Bonchev–Trinajstić information content (AvgIpc) is 2.81. The minimum absolute atomic E-state index is 0.126. The van der Waals surface area contributed by atoms with Crippen molar-refractivity contribution >= 4 is 11.8 Å². The number of methoxy groups -OCH3 is 2. The lowest BCUT2D eigenvalue weighted by Gasteiger charge is -2.43. The van der Waals surface area contributed by atoms with Crippen LogP contribution in [0.1, 0.15) is 33.4 Å². The van der Waals surface area contributed by atoms with Crippen molar-refractivity contribution in [2.45, 2.75) is 12.0 Å². The van der Waals surface area contributed by atoms with Gasteiger partial charge in [0.2, 0.25) is 5.91 Å². The molecule has 0 aliphatic carbocycles. The summed E-state index contributed by atoms with van der Waals surface area (Å²) in [4.78, 5) is 32.7. The largest absolute Gasteiger partial charge is 0.493 e. The number of carbonyl (C=O) groups excluding carboxylic acids is 2. The summed E-state index contributed by atoms with van der Waals surface area (Å²) in [5.74, 6) is -0.809. The van der Waals surface area contributed by atoms with Crippen molar-refractivity contribution in [3.05, 3.63) is 58.9 Å². The second kappa shape index (κ2) is 8.78. The summed E-state index contributed by atoms with van der Waals surface area (Å²) in [6.45, 7) is 2.68. The predicted molar refractivity (Wildman–Crippen MR) is 118 cm³/mol. The fourth-order valence-corrected chi connectivity index (χ4v) is 4.64. The van der Waals surface area contributed by atoms with Crippen LogP contribution in [-0.4, -0.2) is 81.0 Å². The zero-order valence-electron chi connectivity index (χ0n) is 18.8. The number of hydrogen-bond acceptors (Lipinski definition) is 5. The first-order valence-corrected chi connectivity index (χ1v) is 10.6. The Bertz CT molecular complexity index is 1040. The van der Waals surface area contributed by atoms with Gasteiger partial charge in [0.15, 0.2) is 11.5 Å². The second-order valence-corrected chi connectivity index (χ2v) is 8.28. The molecule has 170 valence electrons. The molecule has 7 nitrogen and oxygen atoms in total. The van der Waals surface area contributed by atoms with E-state index in [1.54, 1.807) is 37.4 Å². The molecule has 0 spiro atoms. The quantitative estimate of drug-likeness (QED) is 0.730. The zero-order valence-corrected chi connectivity index (χ0v) is 18.8. The van der Waals surface area contributed by atoms with E-state index in [2.05, 4.69) is 4.90 Å². The van der Waals surface area contributed by atoms with Gasteiger partial charge in [-0.25, -0.2) is 4.39 Å². The predicted octanol–water partition coefficient (Wildman–Crippen LogP) is 2.53. The Kier molecular flexibility index (Phi) is 6.06. The number of fused-ring (bicyclic) bond motifs is 1. The highest BCUT2D eigenvalue weighted by Gasteiger charge is 2.46. The van der Waals surface area contributed by atoms with E-state index in [1.165, 1.54) is 25.2 Å². The second-order valence-electron chi connectivity index (χ2n) is 8.28. The third-order valence-electron chi connectivity index (χ3n) is 6.48. The van der Waals surface area contributed by atoms with Crippen LogP contribution in [0.2, 0.25) is 0 Å². The van der Waals surface area contributed by atoms with Crippen LogP contribution < -0.4 is 9.47 Å². The molecule has 2 aliphatic rings. The lowest BCUT2D eigenvalue weighted by Crippen LogP contribution is -2.52. The molecule has 0 radical (unpaired) electrons. The van der Waals surface area contributed by atoms with Gasteiger partial charge in [-0.1, -0.05) is 18.2 Å². The van der Waals surface area contributed by atoms with E-state index in [4.69, 9.17) is 9.47 Å². The normalized spacial score (nSPS) is 21.3. The number of amides is 2. The SMILES string of the molecule is COc1cc2c(cc1OC)[C@H](C(=O)N1CCN(C)CC1)[C@@H](c1ccccc1F)N(C)C2=O. The van der Waals surface area contributed by atoms with E-state index in [-0.39, 0.29) is 11.8 Å². The molecule has 2 aromatic carbocycles. The first-order chi connectivity index (χ1) is 15.4. The average molecular weight is 442 g/mol. The minimum Gasteiger partial charge on any atom is -0.493 e. The number of hydrogen-bond donors (Lipinski definition) is 0. The van der Waals surface area contributed by atoms with Gasteiger partial charge in [-0.3, -0.25) is 9.59 Å². The van der Waals surface area contributed by atoms with Crippen molar-refractivity contribution < 1.29 is 23.5 Å². The van der Waals surface area contributed by atoms with Crippen molar-refractivity contribution in [1.82, 2.24) is 14.7 Å². The minimum atomic E-state index is -0.776. The molecule has 8 heteroatoms. The number of rotatable bonds is 4. The Balaban J connectivity index is 1.89. The van der Waals surface area contributed by atoms with Crippen molar-refractivity contribution in [3.8, 4) is 11.5 Å². The molecule has 2 aromatic rings. The Labute approximate surface area is 187 Å². The van der Waals surface area contributed by atoms with Crippen LogP contribution in [0.15, 0.2) is 36.4 Å². The molecule has 2 heterocycles. The third kappa shape index (κ3) is 3.68. The van der Waals surface area contributed by atoms with E-state index in [1.807, 2.05) is 11.9 Å². The van der Waals surface area contributed by atoms with Crippen LogP contribution in [0.25, 0.3) is 0 Å². The summed E-state index contributed by atoms with van der Waals surface area (Å²) in [6, 6.07) is 8.83. The van der Waals surface area contributed by atoms with E-state index in [0.717, 1.165) is 13.1 Å². The van der Waals surface area contributed by atoms with Gasteiger partial charge in [-0.15, -0.1) is 0 Å². The fraction of sp³-hybridized carbons (Fsp3) is 0.417. The molecular formula is C24H28FN3O4. The first kappa shape index (κ1) is 22.1. The maximum absolute atomic E-state index is 14.9. The maximum atomic E-state index is 14.9. The van der Waals surface area contributed by atoms with E-state index in [9.17, 15) is 14.0 Å². The van der Waals surface area contributed by atoms with Gasteiger partial charge in [-0.2, -0.15) is 0 Å². The molecule has 0 aromatic heterocycles. The number of benzene rings is 2. The van der Waals surface area contributed by atoms with E-state index in [0.29, 0.717) is 41.3 Å². The number of halogens is 1. The Hall–Kier alpha value is -3.13. The summed E-state index contributed by atoms with van der Waals surface area (Å²) in [5.41, 5.74) is 1.21. The standard InChI is InChI=1S/C24H28FN3O4/c1-26-9-11-28(12-10-26)24(30)21-16-13-19(31-3)20(32-4)14-17(16)23(29)27(2)22(21)15-7-5-6-8-18(15)25/h5-8,13-14,21-22H,9-12H2,1-4H3/t21-,22+/m0/s1. The van der Waals surface area contributed by atoms with Gasteiger partial charge in [0, 0.05) is 44.4 Å². The molecule has 0 saturated carbocycles. The smallest absolute Gasteiger partial charge is 0.254 e. The maximum Gasteiger partial charge on any atom is 0.254 e. The number of ether oxygens (including phenoxy) is 2. The number of carbonyl (C=O) groups is 2. The molecule has 1 saturated heterocycles. The van der Waals surface area contributed by atoms with Gasteiger partial charge in [0.05, 0.1) is 26.2 Å². The fourth-order valence-electron chi connectivity index (χ4n) is 4.64. The summed E-state index contributed by atoms with van der Waals surface area (Å²) >= 11 is 0. The first-order valence-electron chi connectivity index (χ1n) is 10.6. The highest BCUT2D eigenvalue weighted by molar-refractivity contribution is 6.02. The van der Waals surface area contributed by atoms with E-state index < -0.39 is 17.8 Å². The monoisotopic (exact) mass is 441 g/mol. The molecule has 2 atom stereocenters. The van der Waals surface area contributed by atoms with Gasteiger partial charge in [0.1, 0.15) is 5.82 Å². The Morgan fingerprint density at radius 1 is 0.969 bits per heavy atom. The van der Waals surface area contributed by atoms with Crippen LogP contribution >= 0.6 is 0 Å². The highest BCUT2D eigenvalue weighted by Crippen LogP contribution is 2.46. The lowest BCUT2D eigenvalue weighted by atomic mass is 9.78. The van der Waals surface area contributed by atoms with Gasteiger partial charge in [-0.05, 0) is 30.8 Å². The van der Waals surface area contributed by atoms with Crippen molar-refractivity contribution in [2.24, 2.45) is 0 Å². The number of likely N-dealkylation sites (N-methyl/N-ethyl adjacent to an activating group) is 2. The Morgan fingerprint density at radius 3 is 2.22 bits per heavy atom. The van der Waals surface area contributed by atoms with Crippen LogP contribution in [0, 0.1) is 5.82 Å². The molecule has 2 amide bonds. The highest BCUT2D eigenvalue weighted by atomic mass is 19.1. The van der Waals surface area contributed by atoms with Gasteiger partial charge >= 0.3 is 0 Å². The molecular weight excluding hydrogens is 413 g/mol. The molecule has 0 N–H and O–H groups in total.